The summed E-state index contributed by atoms with van der Waals surface area (Å²) in [4.78, 5) is 61.8. The minimum atomic E-state index is -0.919. The lowest BCUT2D eigenvalue weighted by Gasteiger charge is -2.19. The second-order valence-corrected chi connectivity index (χ2v) is 9.20. The van der Waals surface area contributed by atoms with Crippen LogP contribution >= 0.6 is 0 Å². The largest absolute Gasteiger partial charge is 0.445 e. The van der Waals surface area contributed by atoms with Gasteiger partial charge in [0.15, 0.2) is 0 Å². The summed E-state index contributed by atoms with van der Waals surface area (Å²) >= 11 is 0. The molecule has 0 heterocycles. The summed E-state index contributed by atoms with van der Waals surface area (Å²) in [6.07, 6.45) is 2.79. The highest BCUT2D eigenvalue weighted by Gasteiger charge is 2.21. The summed E-state index contributed by atoms with van der Waals surface area (Å²) in [5.41, 5.74) is 11.7. The highest BCUT2D eigenvalue weighted by Crippen LogP contribution is 2.12. The van der Waals surface area contributed by atoms with Crippen LogP contribution in [-0.4, -0.2) is 87.6 Å². The number of nitrogens with two attached hydrogens (primary N) is 2. The molecule has 0 radical (unpaired) electrons. The summed E-state index contributed by atoms with van der Waals surface area (Å²) < 4.78 is 5.28. The molecule has 0 aliphatic carbocycles. The van der Waals surface area contributed by atoms with Crippen LogP contribution in [0.15, 0.2) is 24.3 Å². The van der Waals surface area contributed by atoms with E-state index < -0.39 is 30.0 Å². The van der Waals surface area contributed by atoms with Crippen molar-refractivity contribution in [2.45, 2.75) is 51.2 Å². The minimum Gasteiger partial charge on any atom is -0.445 e. The Hall–Kier alpha value is -3.91. The number of hydrogen-bond acceptors (Lipinski definition) is 8. The fourth-order valence-corrected chi connectivity index (χ4v) is 3.45. The van der Waals surface area contributed by atoms with Gasteiger partial charge in [0.25, 0.3) is 0 Å². The predicted molar refractivity (Wildman–Crippen MR) is 151 cm³/mol. The zero-order valence-corrected chi connectivity index (χ0v) is 23.4. The molecule has 0 saturated carbocycles. The van der Waals surface area contributed by atoms with E-state index in [2.05, 4.69) is 26.6 Å². The van der Waals surface area contributed by atoms with Crippen LogP contribution in [-0.2, 0) is 25.7 Å². The van der Waals surface area contributed by atoms with Crippen LogP contribution in [0.3, 0.4) is 0 Å². The normalized spacial score (nSPS) is 11.2. The molecule has 224 valence electrons. The third kappa shape index (κ3) is 15.5. The molecule has 9 N–H and O–H groups in total. The SMILES string of the molecule is CNCCN(C)C(=O)OCc1ccc(NC(=O)C(CCCNC(N)=O)NC(=O)CNC(=O)CCCCCN)cc1. The van der Waals surface area contributed by atoms with Crippen LogP contribution in [0.1, 0.15) is 44.1 Å². The second kappa shape index (κ2) is 20.1. The van der Waals surface area contributed by atoms with E-state index in [4.69, 9.17) is 16.2 Å². The molecule has 0 bridgehead atoms. The molecule has 1 rings (SSSR count). The van der Waals surface area contributed by atoms with Crippen molar-refractivity contribution in [3.63, 3.8) is 0 Å². The van der Waals surface area contributed by atoms with Crippen LogP contribution in [0.4, 0.5) is 15.3 Å². The summed E-state index contributed by atoms with van der Waals surface area (Å²) in [7, 11) is 3.45. The number of unbranched alkanes of at least 4 members (excludes halogenated alkanes) is 2. The summed E-state index contributed by atoms with van der Waals surface area (Å²) in [5, 5.41) is 13.3. The molecule has 1 atom stereocenters. The van der Waals surface area contributed by atoms with Gasteiger partial charge in [-0.3, -0.25) is 14.4 Å². The molecule has 0 fully saturated rings. The van der Waals surface area contributed by atoms with E-state index in [0.717, 1.165) is 18.4 Å². The van der Waals surface area contributed by atoms with Gasteiger partial charge in [-0.25, -0.2) is 9.59 Å². The van der Waals surface area contributed by atoms with Crippen molar-refractivity contribution in [1.29, 1.82) is 0 Å². The molecule has 6 amide bonds. The molecule has 0 spiro atoms. The number of carbonyl (C=O) groups excluding carboxylic acids is 5. The van der Waals surface area contributed by atoms with Crippen molar-refractivity contribution in [3.8, 4) is 0 Å². The average Bonchev–Trinajstić information content (AvgIpc) is 2.93. The first kappa shape index (κ1) is 34.1. The molecular weight excluding hydrogens is 520 g/mol. The standard InChI is InChI=1S/C26H44N8O6/c1-29-15-16-34(2)26(39)40-18-19-9-11-20(12-10-19)32-24(37)21(7-6-14-30-25(28)38)33-23(36)17-31-22(35)8-4-3-5-13-27/h9-12,21,29H,3-8,13-18,27H2,1-2H3,(H,31,35)(H,32,37)(H,33,36)(H3,28,30,38). The zero-order chi connectivity index (χ0) is 29.8. The number of hydrogen-bond donors (Lipinski definition) is 7. The number of amides is 6. The molecule has 0 saturated heterocycles. The van der Waals surface area contributed by atoms with Gasteiger partial charge < -0.3 is 47.7 Å². The first-order valence-electron chi connectivity index (χ1n) is 13.4. The molecule has 1 aromatic carbocycles. The average molecular weight is 565 g/mol. The van der Waals surface area contributed by atoms with Gasteiger partial charge >= 0.3 is 12.1 Å². The third-order valence-electron chi connectivity index (χ3n) is 5.77. The molecule has 40 heavy (non-hydrogen) atoms. The minimum absolute atomic E-state index is 0.0707. The second-order valence-electron chi connectivity index (χ2n) is 9.20. The Morgan fingerprint density at radius 1 is 0.950 bits per heavy atom. The van der Waals surface area contributed by atoms with Gasteiger partial charge in [-0.1, -0.05) is 18.6 Å². The van der Waals surface area contributed by atoms with E-state index in [0.29, 0.717) is 38.2 Å². The molecule has 14 nitrogen and oxygen atoms in total. The zero-order valence-electron chi connectivity index (χ0n) is 23.4. The highest BCUT2D eigenvalue weighted by molar-refractivity contribution is 5.97. The Bertz CT molecular complexity index is 944. The molecule has 0 aliphatic heterocycles. The van der Waals surface area contributed by atoms with E-state index in [1.165, 1.54) is 4.90 Å². The summed E-state index contributed by atoms with van der Waals surface area (Å²) in [6.45, 7) is 1.76. The van der Waals surface area contributed by atoms with E-state index in [9.17, 15) is 24.0 Å². The lowest BCUT2D eigenvalue weighted by Crippen LogP contribution is -2.47. The van der Waals surface area contributed by atoms with Gasteiger partial charge in [0.2, 0.25) is 17.7 Å². The fraction of sp³-hybridized carbons (Fsp3) is 0.577. The van der Waals surface area contributed by atoms with Gasteiger partial charge in [0.1, 0.15) is 12.6 Å². The number of rotatable bonds is 19. The maximum atomic E-state index is 13.0. The Morgan fingerprint density at radius 2 is 1.68 bits per heavy atom. The number of anilines is 1. The number of ether oxygens (including phenoxy) is 1. The van der Waals surface area contributed by atoms with E-state index in [1.54, 1.807) is 38.4 Å². The number of carbonyl (C=O) groups is 5. The Kier molecular flexibility index (Phi) is 17.1. The molecule has 0 aromatic heterocycles. The van der Waals surface area contributed by atoms with Crippen molar-refractivity contribution in [1.82, 2.24) is 26.2 Å². The van der Waals surface area contributed by atoms with Gasteiger partial charge in [-0.15, -0.1) is 0 Å². The number of nitrogens with one attached hydrogen (secondary N) is 5. The smallest absolute Gasteiger partial charge is 0.409 e. The van der Waals surface area contributed by atoms with E-state index in [-0.39, 0.29) is 38.4 Å². The molecular formula is C26H44N8O6. The molecule has 1 aromatic rings. The Labute approximate surface area is 235 Å². The topological polar surface area (TPSA) is 210 Å². The third-order valence-corrected chi connectivity index (χ3v) is 5.77. The van der Waals surface area contributed by atoms with Crippen molar-refractivity contribution >= 4 is 35.5 Å². The summed E-state index contributed by atoms with van der Waals surface area (Å²) in [6, 6.07) is 5.13. The van der Waals surface area contributed by atoms with E-state index >= 15 is 0 Å². The Morgan fingerprint density at radius 3 is 2.33 bits per heavy atom. The quantitative estimate of drug-likeness (QED) is 0.113. The van der Waals surface area contributed by atoms with Crippen LogP contribution in [0.5, 0.6) is 0 Å². The van der Waals surface area contributed by atoms with Crippen LogP contribution < -0.4 is 38.1 Å². The van der Waals surface area contributed by atoms with Crippen LogP contribution in [0, 0.1) is 0 Å². The number of urea groups is 1. The Balaban J connectivity index is 2.64. The first-order chi connectivity index (χ1) is 19.2. The summed E-state index contributed by atoms with van der Waals surface area (Å²) in [5.74, 6) is -1.24. The maximum absolute atomic E-state index is 13.0. The fourth-order valence-electron chi connectivity index (χ4n) is 3.45. The monoisotopic (exact) mass is 564 g/mol. The molecule has 14 heteroatoms. The van der Waals surface area contributed by atoms with Crippen molar-refractivity contribution < 1.29 is 28.7 Å². The predicted octanol–water partition coefficient (Wildman–Crippen LogP) is -0.0185. The first-order valence-corrected chi connectivity index (χ1v) is 13.4. The van der Waals surface area contributed by atoms with Gasteiger partial charge in [-0.2, -0.15) is 0 Å². The number of nitrogens with zero attached hydrogens (tertiary/aromatic N) is 1. The van der Waals surface area contributed by atoms with Gasteiger partial charge in [-0.05, 0) is 57.0 Å². The van der Waals surface area contributed by atoms with Crippen molar-refractivity contribution in [2.24, 2.45) is 11.5 Å². The number of primary amides is 1. The lowest BCUT2D eigenvalue weighted by atomic mass is 10.1. The van der Waals surface area contributed by atoms with Crippen LogP contribution in [0.25, 0.3) is 0 Å². The molecule has 1 unspecified atom stereocenters. The highest BCUT2D eigenvalue weighted by atomic mass is 16.6. The maximum Gasteiger partial charge on any atom is 0.409 e. The van der Waals surface area contributed by atoms with Crippen molar-refractivity contribution in [3.05, 3.63) is 29.8 Å². The van der Waals surface area contributed by atoms with Gasteiger partial charge in [0, 0.05) is 38.8 Å². The van der Waals surface area contributed by atoms with Crippen LogP contribution in [0.2, 0.25) is 0 Å². The lowest BCUT2D eigenvalue weighted by molar-refractivity contribution is -0.128. The number of benzene rings is 1. The van der Waals surface area contributed by atoms with E-state index in [1.807, 2.05) is 0 Å². The molecule has 0 aliphatic rings. The van der Waals surface area contributed by atoms with Gasteiger partial charge in [0.05, 0.1) is 6.54 Å². The number of likely N-dealkylation sites (N-methyl/N-ethyl adjacent to an activating group) is 2. The van der Waals surface area contributed by atoms with Crippen molar-refractivity contribution in [2.75, 3.05) is 52.1 Å².